The summed E-state index contributed by atoms with van der Waals surface area (Å²) >= 11 is 6.33. The number of rotatable bonds is 9. The van der Waals surface area contributed by atoms with E-state index in [-0.39, 0.29) is 11.9 Å². The lowest BCUT2D eigenvalue weighted by Gasteiger charge is -2.28. The van der Waals surface area contributed by atoms with Crippen LogP contribution < -0.4 is 11.1 Å². The summed E-state index contributed by atoms with van der Waals surface area (Å²) in [7, 11) is 1.70. The van der Waals surface area contributed by atoms with E-state index in [1.165, 1.54) is 25.7 Å². The molecule has 10 nitrogen and oxygen atoms in total. The molecule has 2 N–H and O–H groups in total. The molecular weight excluding hydrogens is 494 g/mol. The van der Waals surface area contributed by atoms with Crippen LogP contribution >= 0.6 is 11.6 Å². The number of methoxy groups -OCH3 is 1. The van der Waals surface area contributed by atoms with Gasteiger partial charge in [-0.15, -0.1) is 0 Å². The average molecular weight is 526 g/mol. The number of fused-ring (bicyclic) bond motifs is 1. The first kappa shape index (κ1) is 25.4. The number of imidazole rings is 1. The van der Waals surface area contributed by atoms with E-state index < -0.39 is 5.76 Å². The van der Waals surface area contributed by atoms with Crippen molar-refractivity contribution in [2.24, 2.45) is 11.8 Å². The second-order valence-electron chi connectivity index (χ2n) is 9.94. The van der Waals surface area contributed by atoms with Crippen LogP contribution in [0.25, 0.3) is 33.8 Å². The molecule has 0 aromatic carbocycles. The minimum atomic E-state index is -0.646. The van der Waals surface area contributed by atoms with Crippen LogP contribution in [0, 0.1) is 11.8 Å². The lowest BCUT2D eigenvalue weighted by molar-refractivity contribution is 0.184. The Bertz CT molecular complexity index is 1420. The quantitative estimate of drug-likeness (QED) is 0.307. The van der Waals surface area contributed by atoms with Gasteiger partial charge in [-0.3, -0.25) is 14.5 Å². The Labute approximate surface area is 219 Å². The Morgan fingerprint density at radius 1 is 1.24 bits per heavy atom. The maximum atomic E-state index is 11.7. The fraction of sp³-hybridized carbons (Fsp3) is 0.500. The van der Waals surface area contributed by atoms with Crippen molar-refractivity contribution in [3.05, 3.63) is 40.1 Å². The van der Waals surface area contributed by atoms with Gasteiger partial charge in [-0.1, -0.05) is 43.4 Å². The minimum Gasteiger partial charge on any atom is -0.383 e. The zero-order chi connectivity index (χ0) is 25.9. The molecule has 5 rings (SSSR count). The molecule has 37 heavy (non-hydrogen) atoms. The third kappa shape index (κ3) is 5.55. The number of anilines is 1. The van der Waals surface area contributed by atoms with Crippen molar-refractivity contribution >= 4 is 28.6 Å². The molecule has 1 fully saturated rings. The maximum absolute atomic E-state index is 11.7. The summed E-state index contributed by atoms with van der Waals surface area (Å²) in [6.45, 7) is 5.83. The topological polar surface area (TPSA) is 124 Å². The van der Waals surface area contributed by atoms with E-state index >= 15 is 0 Å². The zero-order valence-corrected chi connectivity index (χ0v) is 22.1. The number of nitrogens with one attached hydrogen (secondary N) is 2. The molecule has 1 saturated carbocycles. The number of halogens is 1. The molecule has 1 atom stereocenters. The van der Waals surface area contributed by atoms with Crippen molar-refractivity contribution in [3.63, 3.8) is 0 Å². The highest BCUT2D eigenvalue weighted by molar-refractivity contribution is 6.30. The van der Waals surface area contributed by atoms with E-state index in [1.807, 2.05) is 12.1 Å². The number of aromatic nitrogens is 6. The predicted molar refractivity (Wildman–Crippen MR) is 143 cm³/mol. The Balaban J connectivity index is 1.70. The van der Waals surface area contributed by atoms with Crippen LogP contribution in [0.4, 0.5) is 5.95 Å². The number of ether oxygens (including phenoxy) is 1. The van der Waals surface area contributed by atoms with Crippen molar-refractivity contribution in [2.45, 2.75) is 58.5 Å². The lowest BCUT2D eigenvalue weighted by atomic mass is 9.83. The van der Waals surface area contributed by atoms with Gasteiger partial charge in [0.05, 0.1) is 34.4 Å². The van der Waals surface area contributed by atoms with E-state index in [2.05, 4.69) is 38.9 Å². The van der Waals surface area contributed by atoms with E-state index in [9.17, 15) is 4.79 Å². The third-order valence-corrected chi connectivity index (χ3v) is 7.36. The van der Waals surface area contributed by atoms with Crippen molar-refractivity contribution in [1.29, 1.82) is 0 Å². The standard InChI is InChI=1S/C26H32ClN7O3/c1-4-19(14-36-3)29-25-31-20-10-21(24-32-26(35)37-33-24)30-22(17-9-18(27)12-28-11-17)23(20)34(25)13-16-7-5-15(2)6-8-16/h9-12,15-16,19H,4-8,13-14H2,1-3H3,(H,29,31)(H,32,33,35)/t15-,16-,19?. The number of aromatic amines is 1. The molecule has 4 aromatic heterocycles. The molecule has 0 amide bonds. The van der Waals surface area contributed by atoms with Gasteiger partial charge in [0.25, 0.3) is 0 Å². The van der Waals surface area contributed by atoms with Gasteiger partial charge in [0.1, 0.15) is 5.69 Å². The van der Waals surface area contributed by atoms with Crippen molar-refractivity contribution in [1.82, 2.24) is 29.7 Å². The van der Waals surface area contributed by atoms with Gasteiger partial charge in [0.2, 0.25) is 11.8 Å². The molecule has 0 spiro atoms. The van der Waals surface area contributed by atoms with Crippen molar-refractivity contribution in [3.8, 4) is 22.8 Å². The largest absolute Gasteiger partial charge is 0.439 e. The summed E-state index contributed by atoms with van der Waals surface area (Å²) in [5.74, 6) is 1.66. The van der Waals surface area contributed by atoms with Crippen LogP contribution in [0.15, 0.2) is 33.8 Å². The van der Waals surface area contributed by atoms with Gasteiger partial charge in [-0.05, 0) is 43.2 Å². The Hall–Kier alpha value is -3.24. The van der Waals surface area contributed by atoms with Gasteiger partial charge in [0.15, 0.2) is 0 Å². The van der Waals surface area contributed by atoms with Crippen LogP contribution in [0.2, 0.25) is 5.02 Å². The normalized spacial score (nSPS) is 18.8. The minimum absolute atomic E-state index is 0.0996. The smallest absolute Gasteiger partial charge is 0.383 e. The number of hydrogen-bond donors (Lipinski definition) is 2. The zero-order valence-electron chi connectivity index (χ0n) is 21.3. The van der Waals surface area contributed by atoms with E-state index in [0.29, 0.717) is 28.9 Å². The molecular formula is C26H32ClN7O3. The number of pyridine rings is 2. The highest BCUT2D eigenvalue weighted by atomic mass is 35.5. The number of hydrogen-bond acceptors (Lipinski definition) is 8. The summed E-state index contributed by atoms with van der Waals surface area (Å²) in [6.07, 6.45) is 9.01. The summed E-state index contributed by atoms with van der Waals surface area (Å²) < 4.78 is 12.4. The SMILES string of the molecule is CCC(COC)Nc1nc2cc(-c3noc(=O)[nH]3)nc(-c3cncc(Cl)c3)c2n1C[C@H]1CC[C@H](C)CC1. The molecule has 4 heterocycles. The van der Waals surface area contributed by atoms with Gasteiger partial charge in [-0.2, -0.15) is 0 Å². The van der Waals surface area contributed by atoms with Crippen LogP contribution in [-0.2, 0) is 11.3 Å². The molecule has 0 bridgehead atoms. The van der Waals surface area contributed by atoms with Crippen LogP contribution in [0.1, 0.15) is 46.0 Å². The van der Waals surface area contributed by atoms with E-state index in [4.69, 9.17) is 30.8 Å². The van der Waals surface area contributed by atoms with E-state index in [1.54, 1.807) is 19.5 Å². The molecule has 4 aromatic rings. The van der Waals surface area contributed by atoms with Crippen LogP contribution in [-0.4, -0.2) is 49.4 Å². The Morgan fingerprint density at radius 3 is 2.73 bits per heavy atom. The fourth-order valence-electron chi connectivity index (χ4n) is 5.06. The summed E-state index contributed by atoms with van der Waals surface area (Å²) in [4.78, 5) is 28.5. The molecule has 1 aliphatic carbocycles. The highest BCUT2D eigenvalue weighted by Crippen LogP contribution is 2.36. The number of nitrogens with zero attached hydrogens (tertiary/aromatic N) is 5. The Kier molecular flexibility index (Phi) is 7.57. The third-order valence-electron chi connectivity index (χ3n) is 7.16. The van der Waals surface area contributed by atoms with Crippen LogP contribution in [0.3, 0.4) is 0 Å². The first-order valence-corrected chi connectivity index (χ1v) is 13.2. The molecule has 0 radical (unpaired) electrons. The monoisotopic (exact) mass is 525 g/mol. The molecule has 1 aliphatic rings. The molecule has 196 valence electrons. The summed E-state index contributed by atoms with van der Waals surface area (Å²) in [5, 5.41) is 7.96. The van der Waals surface area contributed by atoms with E-state index in [0.717, 1.165) is 41.4 Å². The first-order valence-electron chi connectivity index (χ1n) is 12.8. The fourth-order valence-corrected chi connectivity index (χ4v) is 5.24. The van der Waals surface area contributed by atoms with Crippen LogP contribution in [0.5, 0.6) is 0 Å². The lowest BCUT2D eigenvalue weighted by Crippen LogP contribution is -2.27. The first-order chi connectivity index (χ1) is 17.9. The second-order valence-corrected chi connectivity index (χ2v) is 10.4. The number of H-pyrrole nitrogens is 1. The highest BCUT2D eigenvalue weighted by Gasteiger charge is 2.25. The van der Waals surface area contributed by atoms with Gasteiger partial charge in [-0.25, -0.2) is 14.8 Å². The van der Waals surface area contributed by atoms with Gasteiger partial charge >= 0.3 is 5.76 Å². The summed E-state index contributed by atoms with van der Waals surface area (Å²) in [5.41, 5.74) is 3.46. The molecule has 0 saturated heterocycles. The summed E-state index contributed by atoms with van der Waals surface area (Å²) in [6, 6.07) is 3.76. The van der Waals surface area contributed by atoms with Crippen molar-refractivity contribution in [2.75, 3.05) is 19.0 Å². The molecule has 0 aliphatic heterocycles. The second kappa shape index (κ2) is 11.0. The Morgan fingerprint density at radius 2 is 2.05 bits per heavy atom. The average Bonchev–Trinajstić information content (AvgIpc) is 3.48. The molecule has 11 heteroatoms. The molecule has 1 unspecified atom stereocenters. The predicted octanol–water partition coefficient (Wildman–Crippen LogP) is 5.15. The van der Waals surface area contributed by atoms with Crippen molar-refractivity contribution < 1.29 is 9.26 Å². The maximum Gasteiger partial charge on any atom is 0.439 e. The van der Waals surface area contributed by atoms with Gasteiger partial charge in [0, 0.05) is 31.6 Å². The van der Waals surface area contributed by atoms with Gasteiger partial charge < -0.3 is 14.6 Å².